The fourth-order valence-electron chi connectivity index (χ4n) is 1.67. The van der Waals surface area contributed by atoms with E-state index in [0.29, 0.717) is 0 Å². The summed E-state index contributed by atoms with van der Waals surface area (Å²) in [5, 5.41) is 0. The van der Waals surface area contributed by atoms with E-state index in [1.165, 1.54) is 15.4 Å². The van der Waals surface area contributed by atoms with Crippen LogP contribution in [0.2, 0.25) is 0 Å². The van der Waals surface area contributed by atoms with E-state index < -0.39 is 0 Å². The van der Waals surface area contributed by atoms with Crippen molar-refractivity contribution in [3.8, 4) is 0 Å². The molecule has 92 valence electrons. The van der Waals surface area contributed by atoms with Gasteiger partial charge in [-0.05, 0) is 74.8 Å². The first-order chi connectivity index (χ1) is 8.93. The maximum Gasteiger partial charge on any atom is 0.0447 e. The van der Waals surface area contributed by atoms with Crippen LogP contribution in [0.5, 0.6) is 0 Å². The van der Waals surface area contributed by atoms with Gasteiger partial charge in [-0.25, -0.2) is 0 Å². The van der Waals surface area contributed by atoms with Crippen LogP contribution in [0.4, 0.5) is 0 Å². The molecule has 0 atom stereocenters. The fraction of sp³-hybridized carbons (Fsp3) is 0.0833. The molecule has 18 heavy (non-hydrogen) atoms. The Morgan fingerprint density at radius 1 is 0.889 bits per heavy atom. The van der Waals surface area contributed by atoms with E-state index in [1.807, 2.05) is 69.4 Å². The van der Waals surface area contributed by atoms with Crippen molar-refractivity contribution in [2.24, 2.45) is 0 Å². The zero-order valence-corrected chi connectivity index (χ0v) is 13.3. The summed E-state index contributed by atoms with van der Waals surface area (Å²) in [6.45, 7) is 0. The van der Waals surface area contributed by atoms with Gasteiger partial charge in [0.05, 0.1) is 0 Å². The summed E-state index contributed by atoms with van der Waals surface area (Å²) in [6.07, 6.45) is 2.77. The number of benzene rings is 1. The summed E-state index contributed by atoms with van der Waals surface area (Å²) in [5.41, 5.74) is 2.50. The van der Waals surface area contributed by atoms with Gasteiger partial charge in [-0.15, -0.1) is 0 Å². The summed E-state index contributed by atoms with van der Waals surface area (Å²) in [4.78, 5) is 7.18. The van der Waals surface area contributed by atoms with Crippen molar-refractivity contribution in [2.45, 2.75) is 16.2 Å². The van der Waals surface area contributed by atoms with Crippen LogP contribution >= 0.6 is 51.1 Å². The van der Waals surface area contributed by atoms with Crippen molar-refractivity contribution in [3.05, 3.63) is 53.9 Å². The second kappa shape index (κ2) is 6.52. The Labute approximate surface area is 125 Å². The molecule has 1 aromatic heterocycles. The molecule has 0 N–H and O–H groups in total. The van der Waals surface area contributed by atoms with Crippen LogP contribution in [0.25, 0.3) is 0 Å². The lowest BCUT2D eigenvalue weighted by Crippen LogP contribution is -1.93. The normalized spacial score (nSPS) is 14.9. The molecule has 0 saturated heterocycles. The lowest BCUT2D eigenvalue weighted by molar-refractivity contribution is 1.02. The lowest BCUT2D eigenvalue weighted by Gasteiger charge is -2.09. The van der Waals surface area contributed by atoms with E-state index in [0.717, 1.165) is 12.1 Å². The van der Waals surface area contributed by atoms with Gasteiger partial charge >= 0.3 is 0 Å². The third kappa shape index (κ3) is 3.17. The van der Waals surface area contributed by atoms with Crippen LogP contribution in [0.1, 0.15) is 11.3 Å². The van der Waals surface area contributed by atoms with Crippen LogP contribution in [-0.2, 0) is 6.42 Å². The largest absolute Gasteiger partial charge is 0.261 e. The molecule has 0 radical (unpaired) electrons. The van der Waals surface area contributed by atoms with Gasteiger partial charge in [0.2, 0.25) is 0 Å². The number of nitrogens with zero attached hydrogens (tertiary/aromatic N) is 1. The van der Waals surface area contributed by atoms with Gasteiger partial charge in [-0.2, -0.15) is 0 Å². The molecule has 1 aliphatic heterocycles. The minimum absolute atomic E-state index is 0.910. The Kier molecular flexibility index (Phi) is 4.75. The molecule has 0 amide bonds. The van der Waals surface area contributed by atoms with Crippen LogP contribution in [0.15, 0.2) is 52.4 Å². The number of hydrogen-bond acceptors (Lipinski definition) is 6. The monoisotopic (exact) mass is 327 g/mol. The topological polar surface area (TPSA) is 12.9 Å². The van der Waals surface area contributed by atoms with Gasteiger partial charge in [0.15, 0.2) is 0 Å². The average molecular weight is 328 g/mol. The highest BCUT2D eigenvalue weighted by molar-refractivity contribution is 9.36. The molecule has 1 nitrogen and oxygen atoms in total. The van der Waals surface area contributed by atoms with E-state index in [2.05, 4.69) is 29.2 Å². The number of rotatable bonds is 2. The van der Waals surface area contributed by atoms with Gasteiger partial charge in [-0.1, -0.05) is 18.2 Å². The third-order valence-corrected chi connectivity index (χ3v) is 11.0. The first-order valence-electron chi connectivity index (χ1n) is 5.30. The number of aromatic nitrogens is 1. The molecule has 0 unspecified atom stereocenters. The highest BCUT2D eigenvalue weighted by atomic mass is 33.8. The second-order valence-corrected chi connectivity index (χ2v) is 11.1. The first kappa shape index (κ1) is 13.1. The second-order valence-electron chi connectivity index (χ2n) is 3.61. The average Bonchev–Trinajstić information content (AvgIpc) is 2.66. The maximum atomic E-state index is 4.41. The number of fused-ring (bicyclic) bond motifs is 1. The summed E-state index contributed by atoms with van der Waals surface area (Å²) >= 11 is 0. The molecule has 2 aromatic rings. The maximum absolute atomic E-state index is 4.41. The molecule has 0 bridgehead atoms. The van der Waals surface area contributed by atoms with Gasteiger partial charge in [0.25, 0.3) is 0 Å². The fourth-order valence-corrected chi connectivity index (χ4v) is 10.8. The van der Waals surface area contributed by atoms with Crippen LogP contribution < -0.4 is 0 Å². The molecular formula is C12H9NS5. The molecule has 0 fully saturated rings. The predicted molar refractivity (Wildman–Crippen MR) is 88.0 cm³/mol. The quantitative estimate of drug-likeness (QED) is 0.649. The zero-order valence-electron chi connectivity index (χ0n) is 9.24. The van der Waals surface area contributed by atoms with E-state index in [1.54, 1.807) is 0 Å². The minimum atomic E-state index is 0.910. The number of pyridine rings is 1. The predicted octanol–water partition coefficient (Wildman–Crippen LogP) is 5.73. The van der Waals surface area contributed by atoms with E-state index >= 15 is 0 Å². The Balaban J connectivity index is 1.92. The van der Waals surface area contributed by atoms with Crippen LogP contribution in [0.3, 0.4) is 0 Å². The smallest absolute Gasteiger partial charge is 0.0447 e. The van der Waals surface area contributed by atoms with E-state index in [9.17, 15) is 0 Å². The first-order valence-corrected chi connectivity index (χ1v) is 11.4. The van der Waals surface area contributed by atoms with Gasteiger partial charge < -0.3 is 0 Å². The SMILES string of the molecule is c1ccc(Cc2cccc3c2SSSSS3)nc1. The molecule has 1 aliphatic rings. The van der Waals surface area contributed by atoms with Crippen molar-refractivity contribution in [2.75, 3.05) is 0 Å². The van der Waals surface area contributed by atoms with Crippen molar-refractivity contribution in [1.82, 2.24) is 4.98 Å². The van der Waals surface area contributed by atoms with Gasteiger partial charge in [0, 0.05) is 28.1 Å². The Hall–Kier alpha value is 0.120. The molecule has 1 aromatic carbocycles. The Morgan fingerprint density at radius 3 is 2.72 bits per heavy atom. The number of hydrogen-bond donors (Lipinski definition) is 0. The van der Waals surface area contributed by atoms with Gasteiger partial charge in [-0.3, -0.25) is 4.98 Å². The Bertz CT molecular complexity index is 531. The van der Waals surface area contributed by atoms with E-state index in [-0.39, 0.29) is 0 Å². The molecular weight excluding hydrogens is 318 g/mol. The van der Waals surface area contributed by atoms with E-state index in [4.69, 9.17) is 0 Å². The summed E-state index contributed by atoms with van der Waals surface area (Å²) in [7, 11) is 9.22. The molecule has 0 aliphatic carbocycles. The summed E-state index contributed by atoms with van der Waals surface area (Å²) < 4.78 is 0. The molecule has 0 saturated carbocycles. The lowest BCUT2D eigenvalue weighted by atomic mass is 10.1. The third-order valence-electron chi connectivity index (χ3n) is 2.45. The van der Waals surface area contributed by atoms with Crippen LogP contribution in [-0.4, -0.2) is 4.98 Å². The zero-order chi connectivity index (χ0) is 12.2. The highest BCUT2D eigenvalue weighted by Gasteiger charge is 2.15. The molecule has 2 heterocycles. The minimum Gasteiger partial charge on any atom is -0.261 e. The van der Waals surface area contributed by atoms with Crippen LogP contribution in [0, 0.1) is 0 Å². The molecule has 0 spiro atoms. The van der Waals surface area contributed by atoms with Crippen molar-refractivity contribution in [3.63, 3.8) is 0 Å². The van der Waals surface area contributed by atoms with Crippen molar-refractivity contribution >= 4 is 51.1 Å². The Morgan fingerprint density at radius 2 is 1.83 bits per heavy atom. The summed E-state index contributed by atoms with van der Waals surface area (Å²) in [5.74, 6) is 0. The van der Waals surface area contributed by atoms with Crippen molar-refractivity contribution in [1.29, 1.82) is 0 Å². The van der Waals surface area contributed by atoms with Crippen molar-refractivity contribution < 1.29 is 0 Å². The molecule has 3 rings (SSSR count). The highest BCUT2D eigenvalue weighted by Crippen LogP contribution is 2.59. The standard InChI is InChI=1S/C12H9NS5/c1-2-7-13-10(5-1)8-9-4-3-6-11-12(9)15-17-18-16-14-11/h1-7H,8H2. The van der Waals surface area contributed by atoms with Gasteiger partial charge in [0.1, 0.15) is 0 Å². The summed E-state index contributed by atoms with van der Waals surface area (Å²) in [6, 6.07) is 12.7. The molecule has 6 heteroatoms.